The van der Waals surface area contributed by atoms with Crippen molar-refractivity contribution in [3.63, 3.8) is 0 Å². The smallest absolute Gasteiger partial charge is 0.278 e. The topological polar surface area (TPSA) is 103 Å². The Morgan fingerprint density at radius 2 is 1.05 bits per heavy atom. The minimum absolute atomic E-state index is 0.000275. The third kappa shape index (κ3) is 5.98. The van der Waals surface area contributed by atoms with Crippen molar-refractivity contribution in [2.45, 2.75) is 60.8 Å². The molecule has 1 aliphatic rings. The van der Waals surface area contributed by atoms with E-state index in [-0.39, 0.29) is 48.9 Å². The average molecular weight is 599 g/mol. The number of carbonyl (C=O) groups is 1. The van der Waals surface area contributed by atoms with E-state index in [4.69, 9.17) is 0 Å². The van der Waals surface area contributed by atoms with Crippen LogP contribution >= 0.6 is 23.5 Å². The number of benzene rings is 4. The van der Waals surface area contributed by atoms with Crippen LogP contribution in [0.25, 0.3) is 33.4 Å². The molecule has 214 valence electrons. The summed E-state index contributed by atoms with van der Waals surface area (Å²) in [4.78, 5) is 39.2. The molecule has 9 heteroatoms. The molecule has 0 saturated heterocycles. The molecule has 7 nitrogen and oxygen atoms in total. The van der Waals surface area contributed by atoms with E-state index >= 15 is 0 Å². The monoisotopic (exact) mass is 598 g/mol. The lowest BCUT2D eigenvalue weighted by molar-refractivity contribution is -0.384. The van der Waals surface area contributed by atoms with Gasteiger partial charge in [0.1, 0.15) is 0 Å². The van der Waals surface area contributed by atoms with Gasteiger partial charge in [0.15, 0.2) is 5.78 Å². The third-order valence-electron chi connectivity index (χ3n) is 6.61. The van der Waals surface area contributed by atoms with Crippen molar-refractivity contribution in [1.29, 1.82) is 0 Å². The first-order valence-electron chi connectivity index (χ1n) is 13.4. The molecule has 1 aliphatic carbocycles. The summed E-state index contributed by atoms with van der Waals surface area (Å²) in [6, 6.07) is 21.0. The molecule has 5 rings (SSSR count). The quantitative estimate of drug-likeness (QED) is 0.109. The maximum absolute atomic E-state index is 13.7. The molecule has 0 aromatic heterocycles. The molecule has 0 N–H and O–H groups in total. The average Bonchev–Trinajstić information content (AvgIpc) is 3.17. The van der Waals surface area contributed by atoms with Gasteiger partial charge in [-0.25, -0.2) is 0 Å². The number of rotatable bonds is 6. The minimum atomic E-state index is -0.528. The van der Waals surface area contributed by atoms with Gasteiger partial charge in [0.2, 0.25) is 0 Å². The molecule has 0 fully saturated rings. The second-order valence-electron chi connectivity index (χ2n) is 12.2. The van der Waals surface area contributed by atoms with Crippen molar-refractivity contribution in [2.75, 3.05) is 0 Å². The lowest BCUT2D eigenvalue weighted by Gasteiger charge is -2.17. The van der Waals surface area contributed by atoms with Crippen LogP contribution in [0.4, 0.5) is 11.4 Å². The fourth-order valence-corrected chi connectivity index (χ4v) is 6.99. The van der Waals surface area contributed by atoms with Crippen molar-refractivity contribution < 1.29 is 14.6 Å². The summed E-state index contributed by atoms with van der Waals surface area (Å²) in [6.07, 6.45) is 0. The van der Waals surface area contributed by atoms with Crippen LogP contribution in [0.15, 0.2) is 82.6 Å². The molecule has 0 unspecified atom stereocenters. The SMILES string of the molecule is CC(C)(C)Sc1ccc(-c2cc3c(c([N+](=O)[O-])c2)-c2cc([N+](=O)[O-])c(-c4ccc(SC(C)(C)C)cc4)cc2C3=O)cc1. The molecule has 0 amide bonds. The van der Waals surface area contributed by atoms with E-state index in [0.717, 1.165) is 15.4 Å². The summed E-state index contributed by atoms with van der Waals surface area (Å²) < 4.78 is 0.0290. The molecular formula is C33H30N2O5S2. The number of hydrogen-bond acceptors (Lipinski definition) is 7. The Balaban J connectivity index is 1.61. The Bertz CT molecular complexity index is 1750. The number of fused-ring (bicyclic) bond motifs is 3. The predicted molar refractivity (Wildman–Crippen MR) is 171 cm³/mol. The van der Waals surface area contributed by atoms with Crippen LogP contribution in [0.5, 0.6) is 0 Å². The van der Waals surface area contributed by atoms with Crippen LogP contribution in [-0.2, 0) is 0 Å². The predicted octanol–water partition coefficient (Wildman–Crippen LogP) is 9.83. The Hall–Kier alpha value is -3.95. The Morgan fingerprint density at radius 1 is 0.548 bits per heavy atom. The normalized spacial score (nSPS) is 12.7. The van der Waals surface area contributed by atoms with Gasteiger partial charge < -0.3 is 0 Å². The van der Waals surface area contributed by atoms with E-state index in [9.17, 15) is 25.0 Å². The number of ketones is 1. The summed E-state index contributed by atoms with van der Waals surface area (Å²) in [5, 5.41) is 24.5. The summed E-state index contributed by atoms with van der Waals surface area (Å²) in [7, 11) is 0. The molecule has 0 bridgehead atoms. The molecule has 0 radical (unpaired) electrons. The van der Waals surface area contributed by atoms with Crippen LogP contribution in [0, 0.1) is 20.2 Å². The Kier molecular flexibility index (Phi) is 7.53. The molecule has 0 heterocycles. The van der Waals surface area contributed by atoms with E-state index in [2.05, 4.69) is 41.5 Å². The van der Waals surface area contributed by atoms with Gasteiger partial charge in [-0.05, 0) is 53.1 Å². The number of nitro groups is 2. The molecular weight excluding hydrogens is 569 g/mol. The fraction of sp³-hybridized carbons (Fsp3) is 0.242. The summed E-state index contributed by atoms with van der Waals surface area (Å²) in [5.41, 5.74) is 2.41. The molecule has 0 aliphatic heterocycles. The molecule has 0 atom stereocenters. The molecule has 0 spiro atoms. The van der Waals surface area contributed by atoms with Gasteiger partial charge in [0.05, 0.1) is 21.0 Å². The number of hydrogen-bond donors (Lipinski definition) is 0. The maximum Gasteiger partial charge on any atom is 0.278 e. The van der Waals surface area contributed by atoms with Gasteiger partial charge in [-0.1, -0.05) is 65.8 Å². The summed E-state index contributed by atoms with van der Waals surface area (Å²) in [6.45, 7) is 12.7. The van der Waals surface area contributed by atoms with Gasteiger partial charge >= 0.3 is 0 Å². The van der Waals surface area contributed by atoms with E-state index < -0.39 is 9.85 Å². The van der Waals surface area contributed by atoms with Crippen LogP contribution in [0.2, 0.25) is 0 Å². The highest BCUT2D eigenvalue weighted by atomic mass is 32.2. The fourth-order valence-electron chi connectivity index (χ4n) is 5.03. The molecule has 4 aromatic rings. The van der Waals surface area contributed by atoms with Crippen molar-refractivity contribution in [2.24, 2.45) is 0 Å². The largest absolute Gasteiger partial charge is 0.289 e. The summed E-state index contributed by atoms with van der Waals surface area (Å²) >= 11 is 3.39. The van der Waals surface area contributed by atoms with Crippen LogP contribution < -0.4 is 0 Å². The van der Waals surface area contributed by atoms with Gasteiger partial charge in [0, 0.05) is 48.1 Å². The summed E-state index contributed by atoms with van der Waals surface area (Å²) in [5.74, 6) is -0.388. The van der Waals surface area contributed by atoms with Crippen molar-refractivity contribution in [1.82, 2.24) is 0 Å². The van der Waals surface area contributed by atoms with Gasteiger partial charge in [0.25, 0.3) is 11.4 Å². The van der Waals surface area contributed by atoms with E-state index in [1.54, 1.807) is 41.7 Å². The molecule has 0 saturated carbocycles. The molecule has 4 aromatic carbocycles. The first-order valence-corrected chi connectivity index (χ1v) is 15.0. The van der Waals surface area contributed by atoms with Crippen LogP contribution in [0.3, 0.4) is 0 Å². The van der Waals surface area contributed by atoms with E-state index in [1.807, 2.05) is 36.4 Å². The van der Waals surface area contributed by atoms with Crippen LogP contribution in [-0.4, -0.2) is 25.1 Å². The van der Waals surface area contributed by atoms with Crippen molar-refractivity contribution in [3.8, 4) is 33.4 Å². The first-order chi connectivity index (χ1) is 19.6. The maximum atomic E-state index is 13.7. The number of thioether (sulfide) groups is 2. The highest BCUT2D eigenvalue weighted by Crippen LogP contribution is 2.48. The molecule has 42 heavy (non-hydrogen) atoms. The highest BCUT2D eigenvalue weighted by Gasteiger charge is 2.37. The van der Waals surface area contributed by atoms with E-state index in [0.29, 0.717) is 16.7 Å². The minimum Gasteiger partial charge on any atom is -0.289 e. The van der Waals surface area contributed by atoms with Gasteiger partial charge in [-0.2, -0.15) is 0 Å². The first kappa shape index (κ1) is 29.5. The highest BCUT2D eigenvalue weighted by molar-refractivity contribution is 8.00. The Morgan fingerprint density at radius 3 is 1.52 bits per heavy atom. The lowest BCUT2D eigenvalue weighted by Crippen LogP contribution is -2.06. The second kappa shape index (κ2) is 10.7. The third-order valence-corrected chi connectivity index (χ3v) is 8.85. The van der Waals surface area contributed by atoms with Gasteiger partial charge in [-0.3, -0.25) is 25.0 Å². The standard InChI is InChI=1S/C33H30N2O5S2/c1-32(2,3)41-22-11-7-19(8-12-22)21-15-27-30(29(16-21)35(39)40)25-18-28(34(37)38)24(17-26(25)31(27)36)20-9-13-23(14-10-20)42-33(4,5)6/h7-18H,1-6H3. The zero-order valence-electron chi connectivity index (χ0n) is 24.2. The Labute approximate surface area is 253 Å². The van der Waals surface area contributed by atoms with E-state index in [1.165, 1.54) is 18.2 Å². The number of carbonyl (C=O) groups excluding carboxylic acids is 1. The van der Waals surface area contributed by atoms with Crippen molar-refractivity contribution >= 4 is 40.7 Å². The number of nitrogens with zero attached hydrogens (tertiary/aromatic N) is 2. The lowest BCUT2D eigenvalue weighted by atomic mass is 9.95. The van der Waals surface area contributed by atoms with Gasteiger partial charge in [-0.15, -0.1) is 23.5 Å². The zero-order chi connectivity index (χ0) is 30.6. The van der Waals surface area contributed by atoms with Crippen molar-refractivity contribution in [3.05, 3.63) is 104 Å². The number of nitro benzene ring substituents is 2. The second-order valence-corrected chi connectivity index (χ2v) is 16.0. The van der Waals surface area contributed by atoms with Crippen LogP contribution in [0.1, 0.15) is 57.5 Å². The zero-order valence-corrected chi connectivity index (χ0v) is 25.8.